The van der Waals surface area contributed by atoms with Crippen LogP contribution in [0.5, 0.6) is 0 Å². The SMILES string of the molecule is C=CCn1c(SCc2csc(Cc3ccccc3)n2)nc2ccccc2c1=O. The largest absolute Gasteiger partial charge is 0.283 e. The Morgan fingerprint density at radius 1 is 1.07 bits per heavy atom. The van der Waals surface area contributed by atoms with Gasteiger partial charge in [-0.25, -0.2) is 9.97 Å². The Bertz CT molecular complexity index is 1170. The summed E-state index contributed by atoms with van der Waals surface area (Å²) < 4.78 is 1.68. The average molecular weight is 406 g/mol. The highest BCUT2D eigenvalue weighted by Crippen LogP contribution is 2.24. The lowest BCUT2D eigenvalue weighted by molar-refractivity contribution is 0.671. The zero-order valence-corrected chi connectivity index (χ0v) is 16.9. The van der Waals surface area contributed by atoms with E-state index >= 15 is 0 Å². The van der Waals surface area contributed by atoms with Crippen LogP contribution >= 0.6 is 23.1 Å². The van der Waals surface area contributed by atoms with Gasteiger partial charge in [-0.15, -0.1) is 17.9 Å². The highest BCUT2D eigenvalue weighted by molar-refractivity contribution is 7.98. The zero-order valence-electron chi connectivity index (χ0n) is 15.2. The minimum absolute atomic E-state index is 0.0314. The molecule has 0 radical (unpaired) electrons. The molecule has 0 bridgehead atoms. The van der Waals surface area contributed by atoms with Gasteiger partial charge in [0.1, 0.15) is 0 Å². The van der Waals surface area contributed by atoms with Gasteiger partial charge in [-0.3, -0.25) is 9.36 Å². The van der Waals surface area contributed by atoms with Gasteiger partial charge in [0.25, 0.3) is 5.56 Å². The maximum absolute atomic E-state index is 12.8. The summed E-state index contributed by atoms with van der Waals surface area (Å²) >= 11 is 3.21. The first-order valence-corrected chi connectivity index (χ1v) is 10.8. The molecule has 0 saturated carbocycles. The number of allylic oxidation sites excluding steroid dienone is 1. The van der Waals surface area contributed by atoms with Crippen LogP contribution in [0.1, 0.15) is 16.3 Å². The van der Waals surface area contributed by atoms with Crippen molar-refractivity contribution in [1.29, 1.82) is 0 Å². The number of thioether (sulfide) groups is 1. The molecule has 2 heterocycles. The third-order valence-electron chi connectivity index (χ3n) is 4.28. The lowest BCUT2D eigenvalue weighted by Crippen LogP contribution is -2.22. The van der Waals surface area contributed by atoms with E-state index in [2.05, 4.69) is 24.1 Å². The standard InChI is InChI=1S/C22H19N3OS2/c1-2-12-25-21(26)18-10-6-7-11-19(18)24-22(25)28-15-17-14-27-20(23-17)13-16-8-4-3-5-9-16/h2-11,14H,1,12-13,15H2. The second-order valence-corrected chi connectivity index (χ2v) is 8.18. The Hall–Kier alpha value is -2.70. The molecule has 0 spiro atoms. The van der Waals surface area contributed by atoms with E-state index in [9.17, 15) is 4.79 Å². The topological polar surface area (TPSA) is 47.8 Å². The minimum atomic E-state index is -0.0314. The van der Waals surface area contributed by atoms with Crippen molar-refractivity contribution in [3.8, 4) is 0 Å². The summed E-state index contributed by atoms with van der Waals surface area (Å²) in [4.78, 5) is 22.2. The van der Waals surface area contributed by atoms with E-state index in [1.807, 2.05) is 42.5 Å². The molecule has 0 amide bonds. The summed E-state index contributed by atoms with van der Waals surface area (Å²) in [7, 11) is 0. The maximum Gasteiger partial charge on any atom is 0.262 e. The first kappa shape index (κ1) is 18.7. The molecule has 2 aromatic carbocycles. The van der Waals surface area contributed by atoms with Crippen LogP contribution in [-0.4, -0.2) is 14.5 Å². The van der Waals surface area contributed by atoms with Gasteiger partial charge in [-0.05, 0) is 17.7 Å². The van der Waals surface area contributed by atoms with Crippen molar-refractivity contribution < 1.29 is 0 Å². The molecule has 0 aliphatic carbocycles. The number of fused-ring (bicyclic) bond motifs is 1. The van der Waals surface area contributed by atoms with Crippen LogP contribution in [0.15, 0.2) is 82.6 Å². The van der Waals surface area contributed by atoms with Crippen molar-refractivity contribution in [3.05, 3.63) is 99.3 Å². The Morgan fingerprint density at radius 2 is 1.86 bits per heavy atom. The second-order valence-electron chi connectivity index (χ2n) is 6.30. The third kappa shape index (κ3) is 4.08. The molecule has 0 fully saturated rings. The molecule has 4 aromatic rings. The lowest BCUT2D eigenvalue weighted by Gasteiger charge is -2.10. The van der Waals surface area contributed by atoms with Crippen LogP contribution in [0.4, 0.5) is 0 Å². The number of rotatable bonds is 7. The first-order valence-electron chi connectivity index (χ1n) is 8.95. The molecule has 0 N–H and O–H groups in total. The van der Waals surface area contributed by atoms with Gasteiger partial charge in [0, 0.05) is 24.1 Å². The van der Waals surface area contributed by atoms with Crippen molar-refractivity contribution >= 4 is 34.0 Å². The highest BCUT2D eigenvalue weighted by atomic mass is 32.2. The van der Waals surface area contributed by atoms with Crippen LogP contribution < -0.4 is 5.56 Å². The van der Waals surface area contributed by atoms with Crippen LogP contribution in [0, 0.1) is 0 Å². The smallest absolute Gasteiger partial charge is 0.262 e. The fourth-order valence-electron chi connectivity index (χ4n) is 2.95. The van der Waals surface area contributed by atoms with Crippen LogP contribution in [0.2, 0.25) is 0 Å². The molecule has 0 aliphatic heterocycles. The van der Waals surface area contributed by atoms with E-state index in [1.54, 1.807) is 22.0 Å². The van der Waals surface area contributed by atoms with Gasteiger partial charge in [0.15, 0.2) is 5.16 Å². The molecule has 4 nitrogen and oxygen atoms in total. The number of para-hydroxylation sites is 1. The Balaban J connectivity index is 1.55. The molecular formula is C22H19N3OS2. The number of nitrogens with zero attached hydrogens (tertiary/aromatic N) is 3. The monoisotopic (exact) mass is 405 g/mol. The van der Waals surface area contributed by atoms with Crippen molar-refractivity contribution in [2.75, 3.05) is 0 Å². The predicted octanol–water partition coefficient (Wildman–Crippen LogP) is 4.92. The van der Waals surface area contributed by atoms with Crippen molar-refractivity contribution in [2.45, 2.75) is 23.9 Å². The molecule has 0 aliphatic rings. The number of benzene rings is 2. The Kier molecular flexibility index (Phi) is 5.69. The van der Waals surface area contributed by atoms with Crippen LogP contribution in [-0.2, 0) is 18.7 Å². The molecule has 0 saturated heterocycles. The van der Waals surface area contributed by atoms with E-state index in [0.717, 1.165) is 22.6 Å². The first-order chi connectivity index (χ1) is 13.7. The summed E-state index contributed by atoms with van der Waals surface area (Å²) in [5.74, 6) is 0.674. The van der Waals surface area contributed by atoms with Gasteiger partial charge in [-0.2, -0.15) is 0 Å². The van der Waals surface area contributed by atoms with E-state index in [-0.39, 0.29) is 5.56 Å². The Labute approximate surface area is 171 Å². The summed E-state index contributed by atoms with van der Waals surface area (Å²) in [6, 6.07) is 17.8. The molecule has 140 valence electrons. The molecular weight excluding hydrogens is 386 g/mol. The van der Waals surface area contributed by atoms with Crippen LogP contribution in [0.3, 0.4) is 0 Å². The predicted molar refractivity (Wildman–Crippen MR) is 117 cm³/mol. The van der Waals surface area contributed by atoms with E-state index in [1.165, 1.54) is 17.3 Å². The molecule has 0 unspecified atom stereocenters. The second kappa shape index (κ2) is 8.54. The number of thiazole rings is 1. The fraction of sp³-hybridized carbons (Fsp3) is 0.136. The minimum Gasteiger partial charge on any atom is -0.283 e. The van der Waals surface area contributed by atoms with Crippen LogP contribution in [0.25, 0.3) is 10.9 Å². The van der Waals surface area contributed by atoms with Gasteiger partial charge in [-0.1, -0.05) is 60.3 Å². The zero-order chi connectivity index (χ0) is 19.3. The molecule has 6 heteroatoms. The third-order valence-corrected chi connectivity index (χ3v) is 6.19. The summed E-state index contributed by atoms with van der Waals surface area (Å²) in [6.45, 7) is 4.21. The number of aromatic nitrogens is 3. The van der Waals surface area contributed by atoms with E-state index < -0.39 is 0 Å². The molecule has 4 rings (SSSR count). The molecule has 28 heavy (non-hydrogen) atoms. The Morgan fingerprint density at radius 3 is 2.68 bits per heavy atom. The van der Waals surface area contributed by atoms with E-state index in [4.69, 9.17) is 9.97 Å². The van der Waals surface area contributed by atoms with Gasteiger partial charge >= 0.3 is 0 Å². The molecule has 0 atom stereocenters. The maximum atomic E-state index is 12.8. The van der Waals surface area contributed by atoms with Gasteiger partial charge in [0.05, 0.1) is 21.6 Å². The van der Waals surface area contributed by atoms with Crippen molar-refractivity contribution in [3.63, 3.8) is 0 Å². The lowest BCUT2D eigenvalue weighted by atomic mass is 10.2. The fourth-order valence-corrected chi connectivity index (χ4v) is 4.79. The van der Waals surface area contributed by atoms with Gasteiger partial charge < -0.3 is 0 Å². The average Bonchev–Trinajstić information content (AvgIpc) is 3.17. The summed E-state index contributed by atoms with van der Waals surface area (Å²) in [6.07, 6.45) is 2.56. The highest BCUT2D eigenvalue weighted by Gasteiger charge is 2.12. The van der Waals surface area contributed by atoms with Gasteiger partial charge in [0.2, 0.25) is 0 Å². The van der Waals surface area contributed by atoms with Crippen molar-refractivity contribution in [1.82, 2.24) is 14.5 Å². The van der Waals surface area contributed by atoms with Crippen molar-refractivity contribution in [2.24, 2.45) is 0 Å². The number of hydrogen-bond donors (Lipinski definition) is 0. The normalized spacial score (nSPS) is 11.0. The summed E-state index contributed by atoms with van der Waals surface area (Å²) in [5.41, 5.74) is 2.95. The molecule has 2 aromatic heterocycles. The van der Waals surface area contributed by atoms with E-state index in [0.29, 0.717) is 22.8 Å². The number of hydrogen-bond acceptors (Lipinski definition) is 5. The quantitative estimate of drug-likeness (QED) is 0.249. The summed E-state index contributed by atoms with van der Waals surface area (Å²) in [5, 5.41) is 4.51.